The molecule has 0 atom stereocenters. The number of nitrogens with zero attached hydrogens (tertiary/aromatic N) is 3. The van der Waals surface area contributed by atoms with Gasteiger partial charge in [0, 0.05) is 53.1 Å². The van der Waals surface area contributed by atoms with E-state index in [0.717, 1.165) is 56.3 Å². The lowest BCUT2D eigenvalue weighted by atomic mass is 10.0. The first-order valence-electron chi connectivity index (χ1n) is 13.0. The molecule has 0 aliphatic rings. The SMILES string of the molecule is CC(C)Nc1cncc(-c2ccc3[nH]nc(-c4cc5c(-c6cc(F)cc(CNS(C)(=O)=O)c6)cncc5[nH]4)c3c2)c1. The molecule has 6 aromatic rings. The molecule has 0 saturated heterocycles. The molecule has 41 heavy (non-hydrogen) atoms. The number of aromatic nitrogens is 5. The number of benzene rings is 2. The van der Waals surface area contributed by atoms with E-state index in [4.69, 9.17) is 0 Å². The summed E-state index contributed by atoms with van der Waals surface area (Å²) in [6, 6.07) is 15.0. The van der Waals surface area contributed by atoms with E-state index in [1.165, 1.54) is 12.1 Å². The molecule has 0 radical (unpaired) electrons. The van der Waals surface area contributed by atoms with E-state index in [1.807, 2.05) is 30.6 Å². The Bertz CT molecular complexity index is 2010. The fraction of sp³-hybridized carbons (Fsp3) is 0.167. The standard InChI is InChI=1S/C30H28FN7O2S/c1-17(2)35-23-9-21(13-32-14-23)19-4-5-27-25(10-19)30(38-37-27)28-11-24-26(15-33-16-29(24)36-28)20-6-18(7-22(31)8-20)12-34-41(3,39)40/h4-11,13-17,34-36H,12H2,1-3H3,(H,37,38). The lowest BCUT2D eigenvalue weighted by molar-refractivity contribution is 0.586. The molecular formula is C30H28FN7O2S. The number of rotatable bonds is 8. The Morgan fingerprint density at radius 2 is 1.71 bits per heavy atom. The molecule has 0 amide bonds. The van der Waals surface area contributed by atoms with Crippen molar-refractivity contribution < 1.29 is 12.8 Å². The molecule has 0 aliphatic heterocycles. The van der Waals surface area contributed by atoms with Gasteiger partial charge >= 0.3 is 0 Å². The van der Waals surface area contributed by atoms with E-state index in [-0.39, 0.29) is 6.54 Å². The van der Waals surface area contributed by atoms with E-state index < -0.39 is 15.8 Å². The van der Waals surface area contributed by atoms with Gasteiger partial charge in [-0.25, -0.2) is 17.5 Å². The Morgan fingerprint density at radius 3 is 2.51 bits per heavy atom. The highest BCUT2D eigenvalue weighted by atomic mass is 32.2. The van der Waals surface area contributed by atoms with E-state index >= 15 is 0 Å². The predicted octanol–water partition coefficient (Wildman–Crippen LogP) is 5.84. The molecule has 11 heteroatoms. The third-order valence-corrected chi connectivity index (χ3v) is 7.37. The van der Waals surface area contributed by atoms with Crippen molar-refractivity contribution in [3.05, 3.63) is 84.7 Å². The monoisotopic (exact) mass is 569 g/mol. The molecule has 2 aromatic carbocycles. The highest BCUT2D eigenvalue weighted by Crippen LogP contribution is 2.35. The number of fused-ring (bicyclic) bond motifs is 2. The molecule has 208 valence electrons. The summed E-state index contributed by atoms with van der Waals surface area (Å²) < 4.78 is 40.1. The van der Waals surface area contributed by atoms with E-state index in [0.29, 0.717) is 22.7 Å². The normalized spacial score (nSPS) is 12.0. The lowest BCUT2D eigenvalue weighted by Crippen LogP contribution is -2.21. The van der Waals surface area contributed by atoms with Gasteiger partial charge in [0.2, 0.25) is 10.0 Å². The zero-order valence-electron chi connectivity index (χ0n) is 22.7. The number of hydrogen-bond donors (Lipinski definition) is 4. The third-order valence-electron chi connectivity index (χ3n) is 6.70. The van der Waals surface area contributed by atoms with Gasteiger partial charge in [0.25, 0.3) is 0 Å². The van der Waals surface area contributed by atoms with Crippen molar-refractivity contribution in [2.24, 2.45) is 0 Å². The van der Waals surface area contributed by atoms with Crippen LogP contribution in [-0.4, -0.2) is 45.9 Å². The highest BCUT2D eigenvalue weighted by Gasteiger charge is 2.16. The summed E-state index contributed by atoms with van der Waals surface area (Å²) in [7, 11) is -3.42. The van der Waals surface area contributed by atoms with Gasteiger partial charge in [-0.3, -0.25) is 15.1 Å². The van der Waals surface area contributed by atoms with Crippen LogP contribution < -0.4 is 10.0 Å². The van der Waals surface area contributed by atoms with Gasteiger partial charge in [0.15, 0.2) is 0 Å². The minimum Gasteiger partial charge on any atom is -0.382 e. The summed E-state index contributed by atoms with van der Waals surface area (Å²) in [5.41, 5.74) is 7.93. The average molecular weight is 570 g/mol. The summed E-state index contributed by atoms with van der Waals surface area (Å²) in [5.74, 6) is -0.464. The summed E-state index contributed by atoms with van der Waals surface area (Å²) in [5, 5.41) is 12.9. The molecule has 4 heterocycles. The van der Waals surface area contributed by atoms with Gasteiger partial charge in [-0.2, -0.15) is 5.10 Å². The first kappa shape index (κ1) is 26.6. The van der Waals surface area contributed by atoms with Crippen LogP contribution in [-0.2, 0) is 16.6 Å². The molecule has 0 spiro atoms. The topological polar surface area (TPSA) is 128 Å². The second kappa shape index (κ2) is 10.4. The van der Waals surface area contributed by atoms with Gasteiger partial charge in [0.05, 0.1) is 34.9 Å². The van der Waals surface area contributed by atoms with E-state index in [1.54, 1.807) is 18.5 Å². The molecule has 0 bridgehead atoms. The molecule has 4 aromatic heterocycles. The number of anilines is 1. The van der Waals surface area contributed by atoms with Crippen LogP contribution in [0.15, 0.2) is 73.3 Å². The highest BCUT2D eigenvalue weighted by molar-refractivity contribution is 7.88. The Morgan fingerprint density at radius 1 is 0.878 bits per heavy atom. The number of nitrogens with one attached hydrogen (secondary N) is 4. The summed E-state index contributed by atoms with van der Waals surface area (Å²) >= 11 is 0. The van der Waals surface area contributed by atoms with Gasteiger partial charge in [0.1, 0.15) is 11.5 Å². The van der Waals surface area contributed by atoms with E-state index in [2.05, 4.69) is 61.2 Å². The second-order valence-corrected chi connectivity index (χ2v) is 12.2. The van der Waals surface area contributed by atoms with Gasteiger partial charge in [-0.1, -0.05) is 6.07 Å². The maximum absolute atomic E-state index is 14.6. The smallest absolute Gasteiger partial charge is 0.209 e. The van der Waals surface area contributed by atoms with Crippen LogP contribution in [0.25, 0.3) is 55.4 Å². The molecule has 4 N–H and O–H groups in total. The number of H-pyrrole nitrogens is 2. The Balaban J connectivity index is 1.40. The Hall–Kier alpha value is -4.61. The van der Waals surface area contributed by atoms with Gasteiger partial charge in [-0.05, 0) is 73.0 Å². The number of aromatic amines is 2. The quantitative estimate of drug-likeness (QED) is 0.182. The minimum absolute atomic E-state index is 0.0149. The maximum atomic E-state index is 14.6. The molecule has 0 unspecified atom stereocenters. The second-order valence-electron chi connectivity index (χ2n) is 10.4. The van der Waals surface area contributed by atoms with Crippen molar-refractivity contribution in [3.63, 3.8) is 0 Å². The number of sulfonamides is 1. The number of halogens is 1. The van der Waals surface area contributed by atoms with Crippen LogP contribution in [0, 0.1) is 5.82 Å². The van der Waals surface area contributed by atoms with Crippen molar-refractivity contribution in [1.29, 1.82) is 0 Å². The van der Waals surface area contributed by atoms with Crippen LogP contribution in [0.5, 0.6) is 0 Å². The zero-order valence-corrected chi connectivity index (χ0v) is 23.5. The Kier molecular flexibility index (Phi) is 6.76. The maximum Gasteiger partial charge on any atom is 0.209 e. The van der Waals surface area contributed by atoms with Crippen molar-refractivity contribution >= 4 is 37.5 Å². The number of hydrogen-bond acceptors (Lipinski definition) is 6. The van der Waals surface area contributed by atoms with Gasteiger partial charge in [-0.15, -0.1) is 0 Å². The first-order chi connectivity index (χ1) is 19.6. The molecule has 6 rings (SSSR count). The molecule has 0 saturated carbocycles. The molecule has 0 aliphatic carbocycles. The average Bonchev–Trinajstić information content (AvgIpc) is 3.54. The zero-order chi connectivity index (χ0) is 28.7. The molecule has 9 nitrogen and oxygen atoms in total. The third kappa shape index (κ3) is 5.67. The van der Waals surface area contributed by atoms with Crippen LogP contribution in [0.3, 0.4) is 0 Å². The lowest BCUT2D eigenvalue weighted by Gasteiger charge is -2.11. The van der Waals surface area contributed by atoms with Crippen molar-refractivity contribution in [2.75, 3.05) is 11.6 Å². The summed E-state index contributed by atoms with van der Waals surface area (Å²) in [6.07, 6.45) is 8.11. The molecular weight excluding hydrogens is 541 g/mol. The molecule has 0 fully saturated rings. The first-order valence-corrected chi connectivity index (χ1v) is 14.9. The van der Waals surface area contributed by atoms with Crippen molar-refractivity contribution in [2.45, 2.75) is 26.4 Å². The van der Waals surface area contributed by atoms with Crippen molar-refractivity contribution in [3.8, 4) is 33.6 Å². The van der Waals surface area contributed by atoms with Crippen LogP contribution in [0.2, 0.25) is 0 Å². The predicted molar refractivity (Wildman–Crippen MR) is 160 cm³/mol. The largest absolute Gasteiger partial charge is 0.382 e. The van der Waals surface area contributed by atoms with Crippen LogP contribution in [0.4, 0.5) is 10.1 Å². The van der Waals surface area contributed by atoms with Gasteiger partial charge < -0.3 is 10.3 Å². The van der Waals surface area contributed by atoms with Crippen LogP contribution >= 0.6 is 0 Å². The van der Waals surface area contributed by atoms with E-state index in [9.17, 15) is 12.8 Å². The number of pyridine rings is 2. The fourth-order valence-electron chi connectivity index (χ4n) is 4.94. The Labute approximate surface area is 236 Å². The van der Waals surface area contributed by atoms with Crippen molar-refractivity contribution in [1.82, 2.24) is 29.9 Å². The summed E-state index contributed by atoms with van der Waals surface area (Å²) in [4.78, 5) is 12.2. The van der Waals surface area contributed by atoms with Crippen LogP contribution in [0.1, 0.15) is 19.4 Å². The summed E-state index contributed by atoms with van der Waals surface area (Å²) in [6.45, 7) is 4.15. The minimum atomic E-state index is -3.42. The fourth-order valence-corrected chi connectivity index (χ4v) is 5.37.